The number of amides is 1. The average Bonchev–Trinajstić information content (AvgIpc) is 2.37. The Hall–Kier alpha value is -1.75. The molecule has 0 bridgehead atoms. The Balaban J connectivity index is 2.87. The van der Waals surface area contributed by atoms with Crippen molar-refractivity contribution in [1.29, 1.82) is 0 Å². The van der Waals surface area contributed by atoms with Crippen molar-refractivity contribution in [3.8, 4) is 5.75 Å². The molecule has 0 saturated carbocycles. The number of ether oxygens (including phenoxy) is 2. The van der Waals surface area contributed by atoms with Crippen LogP contribution in [0.1, 0.15) is 23.7 Å². The molecule has 0 fully saturated rings. The van der Waals surface area contributed by atoms with Crippen molar-refractivity contribution in [3.63, 3.8) is 0 Å². The zero-order chi connectivity index (χ0) is 13.5. The van der Waals surface area contributed by atoms with Crippen molar-refractivity contribution < 1.29 is 14.3 Å². The smallest absolute Gasteiger partial charge is 0.255 e. The molecule has 1 atom stereocenters. The molecule has 1 amide bonds. The minimum absolute atomic E-state index is 0.0198. The lowest BCUT2D eigenvalue weighted by atomic mass is 10.1. The van der Waals surface area contributed by atoms with E-state index in [1.807, 2.05) is 6.92 Å². The molecular formula is C13H20N2O3. The van der Waals surface area contributed by atoms with E-state index in [9.17, 15) is 4.79 Å². The highest BCUT2D eigenvalue weighted by Gasteiger charge is 2.17. The lowest BCUT2D eigenvalue weighted by Crippen LogP contribution is -2.37. The summed E-state index contributed by atoms with van der Waals surface area (Å²) in [6.45, 7) is 2.47. The Bertz CT molecular complexity index is 407. The van der Waals surface area contributed by atoms with E-state index < -0.39 is 0 Å². The van der Waals surface area contributed by atoms with E-state index in [0.717, 1.165) is 6.42 Å². The summed E-state index contributed by atoms with van der Waals surface area (Å²) >= 11 is 0. The molecule has 1 rings (SSSR count). The zero-order valence-corrected chi connectivity index (χ0v) is 11.0. The highest BCUT2D eigenvalue weighted by Crippen LogP contribution is 2.25. The molecule has 1 aromatic rings. The van der Waals surface area contributed by atoms with Crippen molar-refractivity contribution in [1.82, 2.24) is 5.32 Å². The summed E-state index contributed by atoms with van der Waals surface area (Å²) in [6, 6.07) is 5.09. The summed E-state index contributed by atoms with van der Waals surface area (Å²) in [5.41, 5.74) is 6.65. The Kier molecular flexibility index (Phi) is 5.45. The predicted molar refractivity (Wildman–Crippen MR) is 70.8 cm³/mol. The van der Waals surface area contributed by atoms with E-state index in [1.54, 1.807) is 25.3 Å². The number of nitrogens with two attached hydrogens (primary N) is 1. The topological polar surface area (TPSA) is 73.6 Å². The maximum absolute atomic E-state index is 12.1. The van der Waals surface area contributed by atoms with Crippen LogP contribution >= 0.6 is 0 Å². The molecular weight excluding hydrogens is 232 g/mol. The van der Waals surface area contributed by atoms with Crippen LogP contribution in [0.25, 0.3) is 0 Å². The number of anilines is 1. The summed E-state index contributed by atoms with van der Waals surface area (Å²) in [5, 5.41) is 2.89. The van der Waals surface area contributed by atoms with E-state index >= 15 is 0 Å². The largest absolute Gasteiger partial charge is 0.494 e. The minimum atomic E-state index is -0.206. The van der Waals surface area contributed by atoms with Gasteiger partial charge < -0.3 is 20.5 Å². The van der Waals surface area contributed by atoms with Gasteiger partial charge in [-0.1, -0.05) is 13.0 Å². The molecule has 0 aliphatic carbocycles. The van der Waals surface area contributed by atoms with Crippen LogP contribution in [0, 0.1) is 0 Å². The molecule has 0 spiro atoms. The Morgan fingerprint density at radius 3 is 2.72 bits per heavy atom. The summed E-state index contributed by atoms with van der Waals surface area (Å²) in [4.78, 5) is 12.1. The van der Waals surface area contributed by atoms with Gasteiger partial charge in [-0.2, -0.15) is 0 Å². The average molecular weight is 252 g/mol. The molecule has 0 aromatic heterocycles. The van der Waals surface area contributed by atoms with Crippen molar-refractivity contribution in [3.05, 3.63) is 23.8 Å². The summed E-state index contributed by atoms with van der Waals surface area (Å²) < 4.78 is 10.2. The number of para-hydroxylation sites is 1. The molecule has 0 aliphatic rings. The predicted octanol–water partition coefficient (Wildman–Crippen LogP) is 1.43. The molecule has 1 unspecified atom stereocenters. The molecule has 0 radical (unpaired) electrons. The van der Waals surface area contributed by atoms with Gasteiger partial charge in [0.2, 0.25) is 0 Å². The van der Waals surface area contributed by atoms with Crippen LogP contribution < -0.4 is 15.8 Å². The first-order chi connectivity index (χ1) is 8.63. The maximum atomic E-state index is 12.1. The van der Waals surface area contributed by atoms with E-state index in [2.05, 4.69) is 5.32 Å². The summed E-state index contributed by atoms with van der Waals surface area (Å²) in [6.07, 6.45) is 0.796. The first-order valence-corrected chi connectivity index (χ1v) is 5.86. The fraction of sp³-hybridized carbons (Fsp3) is 0.462. The molecule has 18 heavy (non-hydrogen) atoms. The third-order valence-electron chi connectivity index (χ3n) is 2.69. The summed E-state index contributed by atoms with van der Waals surface area (Å²) in [7, 11) is 3.10. The van der Waals surface area contributed by atoms with E-state index in [-0.39, 0.29) is 11.9 Å². The number of hydrogen-bond acceptors (Lipinski definition) is 4. The number of rotatable bonds is 6. The van der Waals surface area contributed by atoms with Gasteiger partial charge >= 0.3 is 0 Å². The van der Waals surface area contributed by atoms with Crippen molar-refractivity contribution >= 4 is 11.6 Å². The van der Waals surface area contributed by atoms with E-state index in [1.165, 1.54) is 7.11 Å². The van der Waals surface area contributed by atoms with Gasteiger partial charge in [0.15, 0.2) is 5.75 Å². The number of nitrogens with one attached hydrogen (secondary N) is 1. The van der Waals surface area contributed by atoms with Gasteiger partial charge in [0.25, 0.3) is 5.91 Å². The van der Waals surface area contributed by atoms with Gasteiger partial charge in [0.1, 0.15) is 0 Å². The van der Waals surface area contributed by atoms with Gasteiger partial charge in [-0.05, 0) is 18.6 Å². The fourth-order valence-electron chi connectivity index (χ4n) is 1.69. The number of nitrogen functional groups attached to an aromatic ring is 1. The number of hydrogen-bond donors (Lipinski definition) is 2. The van der Waals surface area contributed by atoms with Crippen molar-refractivity contribution in [2.75, 3.05) is 26.6 Å². The normalized spacial score (nSPS) is 11.9. The lowest BCUT2D eigenvalue weighted by Gasteiger charge is -2.17. The van der Waals surface area contributed by atoms with Crippen molar-refractivity contribution in [2.24, 2.45) is 0 Å². The molecule has 0 saturated heterocycles. The quantitative estimate of drug-likeness (QED) is 0.751. The number of methoxy groups -OCH3 is 2. The van der Waals surface area contributed by atoms with Crippen LogP contribution in [0.2, 0.25) is 0 Å². The van der Waals surface area contributed by atoms with Crippen LogP contribution in [0.5, 0.6) is 5.75 Å². The molecule has 3 N–H and O–H groups in total. The lowest BCUT2D eigenvalue weighted by molar-refractivity contribution is 0.0892. The monoisotopic (exact) mass is 252 g/mol. The zero-order valence-electron chi connectivity index (χ0n) is 11.0. The van der Waals surface area contributed by atoms with Crippen LogP contribution in [0.4, 0.5) is 5.69 Å². The Morgan fingerprint density at radius 1 is 1.44 bits per heavy atom. The second-order valence-electron chi connectivity index (χ2n) is 3.96. The van der Waals surface area contributed by atoms with Gasteiger partial charge in [0, 0.05) is 7.11 Å². The van der Waals surface area contributed by atoms with Crippen LogP contribution in [0.15, 0.2) is 18.2 Å². The maximum Gasteiger partial charge on any atom is 0.255 e. The molecule has 5 heteroatoms. The number of benzene rings is 1. The van der Waals surface area contributed by atoms with Crippen molar-refractivity contribution in [2.45, 2.75) is 19.4 Å². The second-order valence-corrected chi connectivity index (χ2v) is 3.96. The number of carbonyl (C=O) groups excluding carboxylic acids is 1. The number of carbonyl (C=O) groups is 1. The first kappa shape index (κ1) is 14.3. The van der Waals surface area contributed by atoms with Gasteiger partial charge in [0.05, 0.1) is 31.0 Å². The molecule has 0 aliphatic heterocycles. The third-order valence-corrected chi connectivity index (χ3v) is 2.69. The van der Waals surface area contributed by atoms with Crippen LogP contribution in [0.3, 0.4) is 0 Å². The van der Waals surface area contributed by atoms with Gasteiger partial charge in [-0.25, -0.2) is 0 Å². The Labute approximate surface area is 107 Å². The Morgan fingerprint density at radius 2 is 2.17 bits per heavy atom. The molecule has 1 aromatic carbocycles. The fourth-order valence-corrected chi connectivity index (χ4v) is 1.69. The highest BCUT2D eigenvalue weighted by atomic mass is 16.5. The molecule has 100 valence electrons. The van der Waals surface area contributed by atoms with E-state index in [0.29, 0.717) is 23.6 Å². The molecule has 0 heterocycles. The van der Waals surface area contributed by atoms with Gasteiger partial charge in [-0.3, -0.25) is 4.79 Å². The third kappa shape index (κ3) is 3.37. The molecule has 5 nitrogen and oxygen atoms in total. The standard InChI is InChI=1S/C13H20N2O3/c1-4-9(8-17-2)15-13(16)10-6-5-7-11(14)12(10)18-3/h5-7,9H,4,8,14H2,1-3H3,(H,15,16). The summed E-state index contributed by atoms with van der Waals surface area (Å²) in [5.74, 6) is 0.199. The van der Waals surface area contributed by atoms with E-state index in [4.69, 9.17) is 15.2 Å². The first-order valence-electron chi connectivity index (χ1n) is 5.86. The van der Waals surface area contributed by atoms with Crippen LogP contribution in [-0.2, 0) is 4.74 Å². The van der Waals surface area contributed by atoms with Crippen LogP contribution in [-0.4, -0.2) is 32.8 Å². The highest BCUT2D eigenvalue weighted by molar-refractivity contribution is 5.98. The minimum Gasteiger partial charge on any atom is -0.494 e. The second kappa shape index (κ2) is 6.86. The SMILES string of the molecule is CCC(COC)NC(=O)c1cccc(N)c1OC. The van der Waals surface area contributed by atoms with Gasteiger partial charge in [-0.15, -0.1) is 0 Å².